The normalized spacial score (nSPS) is 16.8. The van der Waals surface area contributed by atoms with E-state index >= 15 is 0 Å². The van der Waals surface area contributed by atoms with Gasteiger partial charge in [-0.2, -0.15) is 5.10 Å². The summed E-state index contributed by atoms with van der Waals surface area (Å²) < 4.78 is 9.93. The van der Waals surface area contributed by atoms with E-state index in [0.717, 1.165) is 17.1 Å². The molecule has 3 aromatic heterocycles. The van der Waals surface area contributed by atoms with Crippen LogP contribution < -0.4 is 0 Å². The summed E-state index contributed by atoms with van der Waals surface area (Å²) in [5.74, 6) is -0.0352. The van der Waals surface area contributed by atoms with E-state index in [1.165, 1.54) is 0 Å². The molecule has 27 heavy (non-hydrogen) atoms. The SMILES string of the molecule is Cc1cccc(CO[C@H]2CN(C(=O)c3ccnn3C)Cc3cccn3C2)n1. The number of nitrogens with zero attached hydrogens (tertiary/aromatic N) is 5. The molecule has 0 aliphatic carbocycles. The van der Waals surface area contributed by atoms with Crippen LogP contribution in [0.3, 0.4) is 0 Å². The molecule has 3 aromatic rings. The van der Waals surface area contributed by atoms with Crippen LogP contribution in [0, 0.1) is 6.92 Å². The fourth-order valence-electron chi connectivity index (χ4n) is 3.44. The maximum Gasteiger partial charge on any atom is 0.272 e. The van der Waals surface area contributed by atoms with Crippen LogP contribution in [0.2, 0.25) is 0 Å². The molecule has 4 rings (SSSR count). The van der Waals surface area contributed by atoms with Crippen molar-refractivity contribution >= 4 is 5.91 Å². The third kappa shape index (κ3) is 3.78. The Hall–Kier alpha value is -2.93. The predicted molar refractivity (Wildman–Crippen MR) is 99.9 cm³/mol. The summed E-state index contributed by atoms with van der Waals surface area (Å²) in [5, 5.41) is 4.12. The van der Waals surface area contributed by atoms with Crippen LogP contribution in [-0.2, 0) is 31.5 Å². The van der Waals surface area contributed by atoms with Gasteiger partial charge in [-0.05, 0) is 37.3 Å². The van der Waals surface area contributed by atoms with E-state index in [9.17, 15) is 4.79 Å². The lowest BCUT2D eigenvalue weighted by atomic mass is 10.2. The van der Waals surface area contributed by atoms with Crippen LogP contribution >= 0.6 is 0 Å². The number of aromatic nitrogens is 4. The molecule has 0 unspecified atom stereocenters. The fraction of sp³-hybridized carbons (Fsp3) is 0.350. The zero-order valence-corrected chi connectivity index (χ0v) is 15.6. The molecule has 140 valence electrons. The molecule has 0 spiro atoms. The summed E-state index contributed by atoms with van der Waals surface area (Å²) in [6, 6.07) is 11.7. The number of aryl methyl sites for hydroxylation is 2. The lowest BCUT2D eigenvalue weighted by molar-refractivity contribution is 0.00893. The summed E-state index contributed by atoms with van der Waals surface area (Å²) >= 11 is 0. The molecule has 0 N–H and O–H groups in total. The molecule has 0 saturated heterocycles. The summed E-state index contributed by atoms with van der Waals surface area (Å²) in [6.45, 7) is 4.19. The number of hydrogen-bond donors (Lipinski definition) is 0. The first-order valence-corrected chi connectivity index (χ1v) is 9.05. The van der Waals surface area contributed by atoms with Crippen LogP contribution in [0.15, 0.2) is 48.8 Å². The number of amides is 1. The third-order valence-corrected chi connectivity index (χ3v) is 4.84. The van der Waals surface area contributed by atoms with Crippen molar-refractivity contribution in [2.24, 2.45) is 7.05 Å². The first-order valence-electron chi connectivity index (χ1n) is 9.05. The minimum Gasteiger partial charge on any atom is -0.368 e. The van der Waals surface area contributed by atoms with Gasteiger partial charge in [0.15, 0.2) is 0 Å². The second kappa shape index (κ2) is 7.36. The minimum atomic E-state index is -0.113. The van der Waals surface area contributed by atoms with E-state index < -0.39 is 0 Å². The van der Waals surface area contributed by atoms with E-state index in [1.54, 1.807) is 24.0 Å². The van der Waals surface area contributed by atoms with E-state index in [4.69, 9.17) is 4.74 Å². The summed E-state index contributed by atoms with van der Waals surface area (Å²) in [7, 11) is 1.78. The Labute approximate surface area is 158 Å². The minimum absolute atomic E-state index is 0.0352. The molecule has 4 heterocycles. The van der Waals surface area contributed by atoms with Crippen molar-refractivity contribution < 1.29 is 9.53 Å². The number of carbonyl (C=O) groups excluding carboxylic acids is 1. The average molecular weight is 365 g/mol. The number of carbonyl (C=O) groups is 1. The molecule has 1 aliphatic heterocycles. The Morgan fingerprint density at radius 2 is 2.11 bits per heavy atom. The zero-order chi connectivity index (χ0) is 18.8. The highest BCUT2D eigenvalue weighted by molar-refractivity contribution is 5.92. The van der Waals surface area contributed by atoms with Gasteiger partial charge >= 0.3 is 0 Å². The number of hydrogen-bond acceptors (Lipinski definition) is 4. The number of rotatable bonds is 4. The second-order valence-corrected chi connectivity index (χ2v) is 6.88. The Morgan fingerprint density at radius 3 is 2.89 bits per heavy atom. The smallest absolute Gasteiger partial charge is 0.272 e. The molecule has 0 saturated carbocycles. The van der Waals surface area contributed by atoms with Gasteiger partial charge in [-0.3, -0.25) is 14.5 Å². The highest BCUT2D eigenvalue weighted by Gasteiger charge is 2.27. The Balaban J connectivity index is 1.53. The molecule has 1 aliphatic rings. The molecule has 0 aromatic carbocycles. The molecule has 7 nitrogen and oxygen atoms in total. The number of pyridine rings is 1. The largest absolute Gasteiger partial charge is 0.368 e. The second-order valence-electron chi connectivity index (χ2n) is 6.88. The summed E-state index contributed by atoms with van der Waals surface area (Å²) in [5.41, 5.74) is 3.55. The van der Waals surface area contributed by atoms with Gasteiger partial charge in [-0.1, -0.05) is 6.07 Å². The average Bonchev–Trinajstić information content (AvgIpc) is 3.23. The van der Waals surface area contributed by atoms with E-state index in [1.807, 2.05) is 48.4 Å². The van der Waals surface area contributed by atoms with Gasteiger partial charge in [0.1, 0.15) is 5.69 Å². The van der Waals surface area contributed by atoms with Gasteiger partial charge in [-0.25, -0.2) is 0 Å². The molecule has 1 atom stereocenters. The third-order valence-electron chi connectivity index (χ3n) is 4.84. The van der Waals surface area contributed by atoms with Gasteiger partial charge < -0.3 is 14.2 Å². The molecular weight excluding hydrogens is 342 g/mol. The lowest BCUT2D eigenvalue weighted by Crippen LogP contribution is -2.38. The summed E-state index contributed by atoms with van der Waals surface area (Å²) in [6.07, 6.45) is 3.57. The Bertz CT molecular complexity index is 945. The zero-order valence-electron chi connectivity index (χ0n) is 15.6. The monoisotopic (exact) mass is 365 g/mol. The lowest BCUT2D eigenvalue weighted by Gasteiger charge is -2.24. The van der Waals surface area contributed by atoms with Crippen molar-refractivity contribution in [2.75, 3.05) is 6.54 Å². The van der Waals surface area contributed by atoms with Crippen LogP contribution in [-0.4, -0.2) is 42.8 Å². The van der Waals surface area contributed by atoms with Gasteiger partial charge in [0, 0.05) is 37.4 Å². The highest BCUT2D eigenvalue weighted by atomic mass is 16.5. The van der Waals surface area contributed by atoms with Gasteiger partial charge in [0.2, 0.25) is 0 Å². The molecular formula is C20H23N5O2. The van der Waals surface area contributed by atoms with Gasteiger partial charge in [-0.15, -0.1) is 0 Å². The standard InChI is InChI=1S/C20H23N5O2/c1-15-5-3-6-16(22-15)14-27-18-12-24-10-4-7-17(24)11-25(13-18)20(26)19-8-9-21-23(19)2/h3-10,18H,11-14H2,1-2H3/t18-/m1/s1. The Kier molecular flexibility index (Phi) is 4.77. The maximum absolute atomic E-state index is 13.0. The van der Waals surface area contributed by atoms with Crippen molar-refractivity contribution in [2.45, 2.75) is 32.7 Å². The van der Waals surface area contributed by atoms with Gasteiger partial charge in [0.05, 0.1) is 31.5 Å². The highest BCUT2D eigenvalue weighted by Crippen LogP contribution is 2.18. The molecule has 7 heteroatoms. The van der Waals surface area contributed by atoms with Crippen molar-refractivity contribution in [3.8, 4) is 0 Å². The molecule has 0 bridgehead atoms. The number of fused-ring (bicyclic) bond motifs is 1. The van der Waals surface area contributed by atoms with Crippen molar-refractivity contribution in [3.05, 3.63) is 71.6 Å². The van der Waals surface area contributed by atoms with Crippen molar-refractivity contribution in [1.82, 2.24) is 24.2 Å². The van der Waals surface area contributed by atoms with Crippen LogP contribution in [0.1, 0.15) is 27.6 Å². The maximum atomic E-state index is 13.0. The predicted octanol–water partition coefficient (Wildman–Crippen LogP) is 2.17. The van der Waals surface area contributed by atoms with Crippen LogP contribution in [0.5, 0.6) is 0 Å². The van der Waals surface area contributed by atoms with E-state index in [-0.39, 0.29) is 12.0 Å². The van der Waals surface area contributed by atoms with E-state index in [2.05, 4.69) is 14.6 Å². The van der Waals surface area contributed by atoms with Crippen LogP contribution in [0.4, 0.5) is 0 Å². The van der Waals surface area contributed by atoms with Crippen LogP contribution in [0.25, 0.3) is 0 Å². The first kappa shape index (κ1) is 17.5. The first-order chi connectivity index (χ1) is 13.1. The topological polar surface area (TPSA) is 65.2 Å². The molecule has 0 radical (unpaired) electrons. The van der Waals surface area contributed by atoms with Crippen molar-refractivity contribution in [3.63, 3.8) is 0 Å². The summed E-state index contributed by atoms with van der Waals surface area (Å²) in [4.78, 5) is 19.4. The fourth-order valence-corrected chi connectivity index (χ4v) is 3.44. The van der Waals surface area contributed by atoms with E-state index in [0.29, 0.717) is 31.9 Å². The number of ether oxygens (including phenoxy) is 1. The quantitative estimate of drug-likeness (QED) is 0.711. The molecule has 1 amide bonds. The van der Waals surface area contributed by atoms with Gasteiger partial charge in [0.25, 0.3) is 5.91 Å². The Morgan fingerprint density at radius 1 is 1.22 bits per heavy atom. The molecule has 0 fully saturated rings. The van der Waals surface area contributed by atoms with Crippen molar-refractivity contribution in [1.29, 1.82) is 0 Å².